The minimum atomic E-state index is -4.37. The van der Waals surface area contributed by atoms with Crippen molar-refractivity contribution in [3.63, 3.8) is 0 Å². The first-order chi connectivity index (χ1) is 39.3. The quantitative estimate of drug-likeness (QED) is 0.0864. The Balaban J connectivity index is 0.000000200. The lowest BCUT2D eigenvalue weighted by molar-refractivity contribution is -0.147. The van der Waals surface area contributed by atoms with E-state index in [9.17, 15) is 27.6 Å². The molecular formula is C56H66F3N19O5. The van der Waals surface area contributed by atoms with Gasteiger partial charge in [0, 0.05) is 87.0 Å². The minimum absolute atomic E-state index is 0.0151. The average Bonchev–Trinajstić information content (AvgIpc) is 4.35. The molecule has 0 radical (unpaired) electrons. The molecule has 2 unspecified atom stereocenters. The number of likely N-dealkylation sites (N-methyl/N-ethyl adjacent to an activating group) is 1. The molecule has 8 aromatic rings. The molecule has 2 aliphatic rings. The number of alkyl halides is 3. The van der Waals surface area contributed by atoms with E-state index in [1.165, 1.54) is 4.90 Å². The zero-order valence-corrected chi connectivity index (χ0v) is 47.8. The number of nitrogens with zero attached hydrogens (tertiary/aromatic N) is 15. The summed E-state index contributed by atoms with van der Waals surface area (Å²) in [4.78, 5) is 70.8. The van der Waals surface area contributed by atoms with E-state index >= 15 is 0 Å². The Morgan fingerprint density at radius 1 is 0.651 bits per heavy atom. The molecule has 83 heavy (non-hydrogen) atoms. The Hall–Kier alpha value is -8.98. The molecule has 0 aliphatic carbocycles. The number of aryl methyl sites for hydroxylation is 2. The van der Waals surface area contributed by atoms with Crippen molar-refractivity contribution in [1.82, 2.24) is 85.1 Å². The Morgan fingerprint density at radius 3 is 1.54 bits per heavy atom. The molecule has 0 spiro atoms. The largest absolute Gasteiger partial charge is 0.401 e. The van der Waals surface area contributed by atoms with Gasteiger partial charge in [0.2, 0.25) is 29.6 Å². The molecular weight excluding hydrogens is 1080 g/mol. The molecule has 2 aromatic carbocycles. The molecule has 2 atom stereocenters. The van der Waals surface area contributed by atoms with Gasteiger partial charge in [-0.1, -0.05) is 76.1 Å². The van der Waals surface area contributed by atoms with Crippen molar-refractivity contribution in [3.05, 3.63) is 131 Å². The van der Waals surface area contributed by atoms with Crippen LogP contribution >= 0.6 is 0 Å². The molecule has 4 N–H and O–H groups in total. The van der Waals surface area contributed by atoms with Gasteiger partial charge >= 0.3 is 6.18 Å². The van der Waals surface area contributed by atoms with Crippen LogP contribution in [-0.4, -0.2) is 139 Å². The van der Waals surface area contributed by atoms with E-state index in [2.05, 4.69) is 66.7 Å². The standard InChI is InChI=1S/C29H36N10O3.C27H30F3N9O2/c1-29(2,3)27-35-25(36-42-27)26(41)33-23-10-12-39(24(40)17-37(4)5)15-19-13-18(7-8-21(19)23)22-9-11-30-28(34-22)32-20-14-31-38(6)16-20;1-26(2,3)24-36-22(37-41-24)23(40)34-21-8-10-39(15-27(28,29)30)13-17-11-16(5-6-19(17)21)20-7-9-31-25(35-20)33-18-12-32-38(4)14-18/h7-9,11,13-14,16,23H,10,12,15,17H2,1-6H3,(H,33,41)(H,30,32,34);5-7,9,11-12,14,21H,8,10,13,15H2,1-4H3,(H,34,40)(H,31,33,35). The SMILES string of the molecule is CN(C)CC(=O)N1CCC(NC(=O)c2noc(C(C)(C)C)n2)c2ccc(-c3ccnc(Nc4cnn(C)c4)n3)cc2C1.Cn1cc(Nc2nccc(-c3ccc4c(c3)CN(CC(F)(F)F)CCC4NC(=O)c3noc(C(C)(C)C)n3)n2)cn1. The second-order valence-electron chi connectivity index (χ2n) is 22.8. The molecule has 24 nitrogen and oxygen atoms in total. The van der Waals surface area contributed by atoms with Gasteiger partial charge in [-0.05, 0) is 73.5 Å². The van der Waals surface area contributed by atoms with Gasteiger partial charge in [0.1, 0.15) is 0 Å². The summed E-state index contributed by atoms with van der Waals surface area (Å²) in [6.07, 6.45) is 6.69. The molecule has 10 rings (SSSR count). The maximum absolute atomic E-state index is 13.4. The molecule has 8 heterocycles. The zero-order chi connectivity index (χ0) is 59.4. The predicted octanol–water partition coefficient (Wildman–Crippen LogP) is 7.61. The van der Waals surface area contributed by atoms with E-state index in [-0.39, 0.29) is 48.5 Å². The van der Waals surface area contributed by atoms with Crippen LogP contribution in [0.2, 0.25) is 0 Å². The summed E-state index contributed by atoms with van der Waals surface area (Å²) < 4.78 is 54.0. The van der Waals surface area contributed by atoms with Crippen LogP contribution in [-0.2, 0) is 42.8 Å². The van der Waals surface area contributed by atoms with E-state index in [1.807, 2.05) is 121 Å². The number of carbonyl (C=O) groups excluding carboxylic acids is 3. The number of fused-ring (bicyclic) bond motifs is 2. The summed E-state index contributed by atoms with van der Waals surface area (Å²) in [5, 5.41) is 28.2. The molecule has 0 fully saturated rings. The fourth-order valence-electron chi connectivity index (χ4n) is 9.34. The average molecular weight is 1140 g/mol. The second kappa shape index (κ2) is 24.2. The van der Waals surface area contributed by atoms with Crippen molar-refractivity contribution < 1.29 is 36.6 Å². The molecule has 27 heteroatoms. The third-order valence-corrected chi connectivity index (χ3v) is 13.4. The van der Waals surface area contributed by atoms with Crippen LogP contribution in [0.1, 0.15) is 122 Å². The van der Waals surface area contributed by atoms with Crippen LogP contribution in [0.5, 0.6) is 0 Å². The number of aromatic nitrogens is 12. The highest BCUT2D eigenvalue weighted by atomic mass is 19.4. The molecule has 3 amide bonds. The van der Waals surface area contributed by atoms with Crippen molar-refractivity contribution in [2.24, 2.45) is 14.1 Å². The topological polar surface area (TPSA) is 274 Å². The number of hydrogen-bond acceptors (Lipinski definition) is 19. The van der Waals surface area contributed by atoms with Gasteiger partial charge in [0.25, 0.3) is 23.5 Å². The lowest BCUT2D eigenvalue weighted by atomic mass is 9.96. The van der Waals surface area contributed by atoms with Gasteiger partial charge in [-0.2, -0.15) is 33.3 Å². The lowest BCUT2D eigenvalue weighted by Gasteiger charge is -2.23. The first-order valence-corrected chi connectivity index (χ1v) is 26.8. The van der Waals surface area contributed by atoms with Gasteiger partial charge in [-0.25, -0.2) is 19.9 Å². The van der Waals surface area contributed by atoms with Gasteiger partial charge < -0.3 is 40.1 Å². The number of rotatable bonds is 13. The van der Waals surface area contributed by atoms with E-state index in [4.69, 9.17) is 14.0 Å². The fourth-order valence-corrected chi connectivity index (χ4v) is 9.34. The Kier molecular flexibility index (Phi) is 17.1. The molecule has 6 aromatic heterocycles. The predicted molar refractivity (Wildman–Crippen MR) is 299 cm³/mol. The van der Waals surface area contributed by atoms with Crippen molar-refractivity contribution in [2.75, 3.05) is 50.9 Å². The highest BCUT2D eigenvalue weighted by molar-refractivity contribution is 5.91. The molecule has 0 bridgehead atoms. The van der Waals surface area contributed by atoms with E-state index in [0.29, 0.717) is 77.8 Å². The number of halogens is 3. The number of hydrogen-bond donors (Lipinski definition) is 4. The van der Waals surface area contributed by atoms with E-state index < -0.39 is 36.0 Å². The summed E-state index contributed by atoms with van der Waals surface area (Å²) in [5.41, 5.74) is 6.76. The van der Waals surface area contributed by atoms with Gasteiger partial charge in [-0.3, -0.25) is 28.6 Å². The molecule has 2 aliphatic heterocycles. The van der Waals surface area contributed by atoms with Gasteiger partial charge in [-0.15, -0.1) is 0 Å². The van der Waals surface area contributed by atoms with E-state index in [0.717, 1.165) is 28.1 Å². The number of carbonyl (C=O) groups is 3. The van der Waals surface area contributed by atoms with Crippen LogP contribution < -0.4 is 21.3 Å². The van der Waals surface area contributed by atoms with Crippen molar-refractivity contribution in [1.29, 1.82) is 0 Å². The Morgan fingerprint density at radius 2 is 1.12 bits per heavy atom. The number of anilines is 4. The maximum atomic E-state index is 13.4. The number of nitrogens with one attached hydrogen (secondary N) is 4. The van der Waals surface area contributed by atoms with Crippen molar-refractivity contribution >= 4 is 41.0 Å². The summed E-state index contributed by atoms with van der Waals surface area (Å²) in [6, 6.07) is 14.1. The second-order valence-corrected chi connectivity index (χ2v) is 22.8. The molecule has 0 saturated carbocycles. The monoisotopic (exact) mass is 1140 g/mol. The van der Waals surface area contributed by atoms with Crippen LogP contribution in [0, 0.1) is 0 Å². The highest BCUT2D eigenvalue weighted by Gasteiger charge is 2.35. The first kappa shape index (κ1) is 58.7. The number of benzene rings is 2. The summed E-state index contributed by atoms with van der Waals surface area (Å²) in [6.45, 7) is 11.8. The Labute approximate surface area is 476 Å². The Bertz CT molecular complexity index is 3600. The van der Waals surface area contributed by atoms with Crippen LogP contribution in [0.3, 0.4) is 0 Å². The van der Waals surface area contributed by atoms with Crippen molar-refractivity contribution in [3.8, 4) is 22.5 Å². The first-order valence-electron chi connectivity index (χ1n) is 26.8. The highest BCUT2D eigenvalue weighted by Crippen LogP contribution is 2.34. The van der Waals surface area contributed by atoms with Crippen LogP contribution in [0.25, 0.3) is 22.5 Å². The summed E-state index contributed by atoms with van der Waals surface area (Å²) in [5.74, 6) is 0.383. The summed E-state index contributed by atoms with van der Waals surface area (Å²) >= 11 is 0. The minimum Gasteiger partial charge on any atom is -0.342 e. The third kappa shape index (κ3) is 15.1. The van der Waals surface area contributed by atoms with Crippen molar-refractivity contribution in [2.45, 2.75) is 96.6 Å². The summed E-state index contributed by atoms with van der Waals surface area (Å²) in [7, 11) is 7.37. The fraction of sp³-hybridized carbons (Fsp3) is 0.411. The van der Waals surface area contributed by atoms with Crippen LogP contribution in [0.4, 0.5) is 36.4 Å². The lowest BCUT2D eigenvalue weighted by Crippen LogP contribution is -2.38. The van der Waals surface area contributed by atoms with E-state index in [1.54, 1.807) is 53.5 Å². The molecule has 436 valence electrons. The zero-order valence-electron chi connectivity index (χ0n) is 47.8. The molecule has 0 saturated heterocycles. The smallest absolute Gasteiger partial charge is 0.342 e. The van der Waals surface area contributed by atoms with Gasteiger partial charge in [0.15, 0.2) is 0 Å². The normalized spacial score (nSPS) is 15.8. The number of amides is 3. The maximum Gasteiger partial charge on any atom is 0.401 e. The van der Waals surface area contributed by atoms with Crippen LogP contribution in [0.15, 0.2) is 94.8 Å². The van der Waals surface area contributed by atoms with Gasteiger partial charge in [0.05, 0.1) is 60.3 Å². The third-order valence-electron chi connectivity index (χ3n) is 13.4.